The summed E-state index contributed by atoms with van der Waals surface area (Å²) in [5.41, 5.74) is 1.74. The molecule has 1 saturated carbocycles. The maximum absolute atomic E-state index is 12.2. The average molecular weight is 408 g/mol. The van der Waals surface area contributed by atoms with Gasteiger partial charge in [-0.2, -0.15) is 0 Å². The van der Waals surface area contributed by atoms with Gasteiger partial charge in [-0.15, -0.1) is 0 Å². The molecule has 2 amide bonds. The molecule has 30 heavy (non-hydrogen) atoms. The van der Waals surface area contributed by atoms with Crippen molar-refractivity contribution in [3.63, 3.8) is 0 Å². The van der Waals surface area contributed by atoms with E-state index >= 15 is 0 Å². The normalized spacial score (nSPS) is 15.4. The fraction of sp³-hybridized carbons (Fsp3) is 0.375. The second-order valence-corrected chi connectivity index (χ2v) is 7.88. The molecule has 158 valence electrons. The summed E-state index contributed by atoms with van der Waals surface area (Å²) in [6.07, 6.45) is 3.22. The number of ether oxygens (including phenoxy) is 1. The van der Waals surface area contributed by atoms with Gasteiger partial charge in [0.2, 0.25) is 0 Å². The second-order valence-electron chi connectivity index (χ2n) is 7.88. The number of carbonyl (C=O) groups excluding carboxylic acids is 3. The minimum atomic E-state index is -0.521. The average Bonchev–Trinajstić information content (AvgIpc) is 2.73. The molecular weight excluding hydrogens is 380 g/mol. The van der Waals surface area contributed by atoms with E-state index in [1.165, 1.54) is 5.56 Å². The summed E-state index contributed by atoms with van der Waals surface area (Å²) in [6, 6.07) is 18.6. The van der Waals surface area contributed by atoms with Crippen molar-refractivity contribution in [2.75, 3.05) is 13.2 Å². The molecule has 2 aromatic carbocycles. The molecule has 2 aromatic rings. The standard InChI is InChI=1S/C24H28N2O4/c1-18(26-23(29)19-9-4-2-5-10-19)15-22(28)30-16-21(27)25-17-24(13-8-14-24)20-11-6-3-7-12-20/h2-7,9-12,18H,8,13-17H2,1H3,(H,25,27)(H,26,29). The molecule has 1 aliphatic rings. The van der Waals surface area contributed by atoms with Gasteiger partial charge in [-0.05, 0) is 37.5 Å². The Balaban J connectivity index is 1.38. The highest BCUT2D eigenvalue weighted by molar-refractivity contribution is 5.94. The third-order valence-corrected chi connectivity index (χ3v) is 5.57. The van der Waals surface area contributed by atoms with Crippen molar-refractivity contribution in [3.8, 4) is 0 Å². The second kappa shape index (κ2) is 10.1. The van der Waals surface area contributed by atoms with Gasteiger partial charge in [0.15, 0.2) is 6.61 Å². The largest absolute Gasteiger partial charge is 0.456 e. The Labute approximate surface area is 177 Å². The Morgan fingerprint density at radius 3 is 2.23 bits per heavy atom. The number of carbonyl (C=O) groups is 3. The SMILES string of the molecule is CC(CC(=O)OCC(=O)NCC1(c2ccccc2)CCC1)NC(=O)c1ccccc1. The summed E-state index contributed by atoms with van der Waals surface area (Å²) < 4.78 is 5.08. The van der Waals surface area contributed by atoms with Crippen LogP contribution in [0, 0.1) is 0 Å². The first kappa shape index (κ1) is 21.6. The van der Waals surface area contributed by atoms with Gasteiger partial charge in [0.25, 0.3) is 11.8 Å². The van der Waals surface area contributed by atoms with E-state index in [0.717, 1.165) is 19.3 Å². The molecule has 0 aromatic heterocycles. The zero-order valence-electron chi connectivity index (χ0n) is 17.2. The molecule has 6 heteroatoms. The number of nitrogens with one attached hydrogen (secondary N) is 2. The summed E-state index contributed by atoms with van der Waals surface area (Å²) in [5, 5.41) is 5.65. The number of amides is 2. The molecule has 0 saturated heterocycles. The zero-order chi connectivity index (χ0) is 21.4. The summed E-state index contributed by atoms with van der Waals surface area (Å²) in [6.45, 7) is 1.95. The van der Waals surface area contributed by atoms with Gasteiger partial charge in [0.05, 0.1) is 6.42 Å². The molecule has 0 radical (unpaired) electrons. The Hall–Kier alpha value is -3.15. The number of esters is 1. The van der Waals surface area contributed by atoms with E-state index < -0.39 is 12.0 Å². The van der Waals surface area contributed by atoms with E-state index in [4.69, 9.17) is 4.74 Å². The molecule has 1 atom stereocenters. The molecule has 1 fully saturated rings. The molecule has 3 rings (SSSR count). The highest BCUT2D eigenvalue weighted by atomic mass is 16.5. The molecule has 2 N–H and O–H groups in total. The Kier molecular flexibility index (Phi) is 7.22. The van der Waals surface area contributed by atoms with Crippen LogP contribution in [0.4, 0.5) is 0 Å². The lowest BCUT2D eigenvalue weighted by atomic mass is 9.64. The van der Waals surface area contributed by atoms with E-state index in [2.05, 4.69) is 22.8 Å². The lowest BCUT2D eigenvalue weighted by molar-refractivity contribution is -0.149. The van der Waals surface area contributed by atoms with Crippen LogP contribution < -0.4 is 10.6 Å². The molecule has 0 bridgehead atoms. The summed E-state index contributed by atoms with van der Waals surface area (Å²) >= 11 is 0. The van der Waals surface area contributed by atoms with Crippen molar-refractivity contribution >= 4 is 17.8 Å². The van der Waals surface area contributed by atoms with Crippen LogP contribution in [-0.4, -0.2) is 37.0 Å². The fourth-order valence-corrected chi connectivity index (χ4v) is 3.68. The first-order valence-corrected chi connectivity index (χ1v) is 10.3. The lowest BCUT2D eigenvalue weighted by Gasteiger charge is -2.42. The Bertz CT molecular complexity index is 863. The Morgan fingerprint density at radius 2 is 1.63 bits per heavy atom. The van der Waals surface area contributed by atoms with Crippen LogP contribution in [0.3, 0.4) is 0 Å². The van der Waals surface area contributed by atoms with Gasteiger partial charge in [0.1, 0.15) is 0 Å². The number of hydrogen-bond donors (Lipinski definition) is 2. The predicted octanol–water partition coefficient (Wildman–Crippen LogP) is 2.98. The molecule has 6 nitrogen and oxygen atoms in total. The van der Waals surface area contributed by atoms with Gasteiger partial charge < -0.3 is 15.4 Å². The third kappa shape index (κ3) is 5.69. The minimum absolute atomic E-state index is 0.000192. The summed E-state index contributed by atoms with van der Waals surface area (Å²) in [5.74, 6) is -1.08. The maximum Gasteiger partial charge on any atom is 0.308 e. The fourth-order valence-electron chi connectivity index (χ4n) is 3.68. The monoisotopic (exact) mass is 408 g/mol. The smallest absolute Gasteiger partial charge is 0.308 e. The van der Waals surface area contributed by atoms with E-state index in [9.17, 15) is 14.4 Å². The van der Waals surface area contributed by atoms with E-state index in [-0.39, 0.29) is 30.3 Å². The quantitative estimate of drug-likeness (QED) is 0.625. The van der Waals surface area contributed by atoms with Crippen molar-refractivity contribution in [1.29, 1.82) is 0 Å². The minimum Gasteiger partial charge on any atom is -0.456 e. The maximum atomic E-state index is 12.2. The van der Waals surface area contributed by atoms with E-state index in [1.807, 2.05) is 24.3 Å². The van der Waals surface area contributed by atoms with Crippen LogP contribution >= 0.6 is 0 Å². The predicted molar refractivity (Wildman–Crippen MR) is 114 cm³/mol. The van der Waals surface area contributed by atoms with Crippen LogP contribution in [0.25, 0.3) is 0 Å². The molecule has 0 aliphatic heterocycles. The topological polar surface area (TPSA) is 84.5 Å². The van der Waals surface area contributed by atoms with E-state index in [1.54, 1.807) is 31.2 Å². The van der Waals surface area contributed by atoms with Crippen LogP contribution in [0.2, 0.25) is 0 Å². The molecule has 0 spiro atoms. The number of rotatable bonds is 9. The number of hydrogen-bond acceptors (Lipinski definition) is 4. The van der Waals surface area contributed by atoms with Gasteiger partial charge in [-0.25, -0.2) is 0 Å². The molecule has 1 aliphatic carbocycles. The van der Waals surface area contributed by atoms with E-state index in [0.29, 0.717) is 12.1 Å². The van der Waals surface area contributed by atoms with Crippen molar-refractivity contribution in [2.45, 2.75) is 44.1 Å². The van der Waals surface area contributed by atoms with Crippen molar-refractivity contribution < 1.29 is 19.1 Å². The van der Waals surface area contributed by atoms with Gasteiger partial charge in [0, 0.05) is 23.6 Å². The third-order valence-electron chi connectivity index (χ3n) is 5.57. The van der Waals surface area contributed by atoms with Crippen molar-refractivity contribution in [2.24, 2.45) is 0 Å². The number of benzene rings is 2. The van der Waals surface area contributed by atoms with Crippen LogP contribution in [0.15, 0.2) is 60.7 Å². The van der Waals surface area contributed by atoms with Crippen molar-refractivity contribution in [1.82, 2.24) is 10.6 Å². The molecule has 1 unspecified atom stereocenters. The summed E-state index contributed by atoms with van der Waals surface area (Å²) in [4.78, 5) is 36.3. The highest BCUT2D eigenvalue weighted by Crippen LogP contribution is 2.43. The molecular formula is C24H28N2O4. The first-order chi connectivity index (χ1) is 14.5. The van der Waals surface area contributed by atoms with Crippen molar-refractivity contribution in [3.05, 3.63) is 71.8 Å². The van der Waals surface area contributed by atoms with Crippen LogP contribution in [0.5, 0.6) is 0 Å². The zero-order valence-corrected chi connectivity index (χ0v) is 17.2. The van der Waals surface area contributed by atoms with Crippen LogP contribution in [0.1, 0.15) is 48.5 Å². The van der Waals surface area contributed by atoms with Crippen LogP contribution in [-0.2, 0) is 19.7 Å². The summed E-state index contributed by atoms with van der Waals surface area (Å²) in [7, 11) is 0. The van der Waals surface area contributed by atoms with Gasteiger partial charge >= 0.3 is 5.97 Å². The highest BCUT2D eigenvalue weighted by Gasteiger charge is 2.38. The first-order valence-electron chi connectivity index (χ1n) is 10.3. The lowest BCUT2D eigenvalue weighted by Crippen LogP contribution is -2.46. The Morgan fingerprint density at radius 1 is 1.00 bits per heavy atom. The van der Waals surface area contributed by atoms with Gasteiger partial charge in [-0.1, -0.05) is 55.0 Å². The molecule has 0 heterocycles. The van der Waals surface area contributed by atoms with Gasteiger partial charge in [-0.3, -0.25) is 14.4 Å².